The summed E-state index contributed by atoms with van der Waals surface area (Å²) in [5.41, 5.74) is 0.541. The van der Waals surface area contributed by atoms with E-state index in [1.165, 1.54) is 12.1 Å². The van der Waals surface area contributed by atoms with Crippen LogP contribution in [0.3, 0.4) is 0 Å². The highest BCUT2D eigenvalue weighted by molar-refractivity contribution is 7.89. The Balaban J connectivity index is 0.00000364. The Morgan fingerprint density at radius 1 is 1.22 bits per heavy atom. The summed E-state index contributed by atoms with van der Waals surface area (Å²) in [5, 5.41) is 3.32. The van der Waals surface area contributed by atoms with Gasteiger partial charge in [-0.05, 0) is 70.0 Å². The van der Waals surface area contributed by atoms with Crippen LogP contribution in [-0.4, -0.2) is 50.9 Å². The molecular formula is C19H32ClN3O3S. The highest BCUT2D eigenvalue weighted by Crippen LogP contribution is 2.18. The molecule has 1 saturated heterocycles. The molecule has 8 heteroatoms. The monoisotopic (exact) mass is 417 g/mol. The Bertz CT molecular complexity index is 689. The third-order valence-corrected chi connectivity index (χ3v) is 6.46. The molecule has 0 radical (unpaired) electrons. The Labute approximate surface area is 169 Å². The molecule has 6 nitrogen and oxygen atoms in total. The van der Waals surface area contributed by atoms with Crippen molar-refractivity contribution >= 4 is 28.3 Å². The zero-order valence-electron chi connectivity index (χ0n) is 16.4. The molecule has 154 valence electrons. The number of benzene rings is 1. The second kappa shape index (κ2) is 11.0. The van der Waals surface area contributed by atoms with Gasteiger partial charge in [-0.15, -0.1) is 12.4 Å². The number of nitrogens with zero attached hydrogens (tertiary/aromatic N) is 1. The van der Waals surface area contributed by atoms with Crippen LogP contribution in [0.2, 0.25) is 0 Å². The largest absolute Gasteiger partial charge is 0.336 e. The molecule has 1 aliphatic heterocycles. The second-order valence-electron chi connectivity index (χ2n) is 6.93. The Morgan fingerprint density at radius 2 is 1.81 bits per heavy atom. The zero-order valence-corrected chi connectivity index (χ0v) is 18.0. The van der Waals surface area contributed by atoms with Gasteiger partial charge in [-0.1, -0.05) is 13.8 Å². The van der Waals surface area contributed by atoms with Gasteiger partial charge >= 0.3 is 0 Å². The summed E-state index contributed by atoms with van der Waals surface area (Å²) in [6, 6.07) is 6.41. The molecule has 1 heterocycles. The standard InChI is InChI=1S/C19H31N3O3S.ClH/c1-4-14-22(17-10-12-20-13-11-17)19(23)16-6-8-18(9-7-16)26(24,25)21-15(3)5-2;/h6-9,15,17,20-21H,4-5,10-14H2,1-3H3;1H. The molecular weight excluding hydrogens is 386 g/mol. The smallest absolute Gasteiger partial charge is 0.254 e. The van der Waals surface area contributed by atoms with Crippen molar-refractivity contribution in [2.75, 3.05) is 19.6 Å². The summed E-state index contributed by atoms with van der Waals surface area (Å²) in [5.74, 6) is -0.0161. The van der Waals surface area contributed by atoms with Crippen LogP contribution in [0.15, 0.2) is 29.2 Å². The van der Waals surface area contributed by atoms with Crippen molar-refractivity contribution in [2.45, 2.75) is 63.4 Å². The van der Waals surface area contributed by atoms with Crippen LogP contribution in [0, 0.1) is 0 Å². The predicted molar refractivity (Wildman–Crippen MR) is 111 cm³/mol. The van der Waals surface area contributed by atoms with Crippen molar-refractivity contribution in [2.24, 2.45) is 0 Å². The number of carbonyl (C=O) groups excluding carboxylic acids is 1. The molecule has 0 spiro atoms. The number of hydrogen-bond acceptors (Lipinski definition) is 4. The van der Waals surface area contributed by atoms with E-state index in [2.05, 4.69) is 17.0 Å². The van der Waals surface area contributed by atoms with E-state index >= 15 is 0 Å². The number of hydrogen-bond donors (Lipinski definition) is 2. The lowest BCUT2D eigenvalue weighted by Gasteiger charge is -2.34. The van der Waals surface area contributed by atoms with Crippen LogP contribution in [0.25, 0.3) is 0 Å². The molecule has 1 amide bonds. The molecule has 27 heavy (non-hydrogen) atoms. The van der Waals surface area contributed by atoms with E-state index in [9.17, 15) is 13.2 Å². The Morgan fingerprint density at radius 3 is 2.33 bits per heavy atom. The van der Waals surface area contributed by atoms with E-state index in [-0.39, 0.29) is 35.3 Å². The van der Waals surface area contributed by atoms with Crippen LogP contribution in [0.5, 0.6) is 0 Å². The van der Waals surface area contributed by atoms with E-state index in [0.717, 1.165) is 45.3 Å². The normalized spacial score (nSPS) is 16.4. The minimum Gasteiger partial charge on any atom is -0.336 e. The topological polar surface area (TPSA) is 78.5 Å². The van der Waals surface area contributed by atoms with Crippen molar-refractivity contribution in [1.82, 2.24) is 14.9 Å². The number of nitrogens with one attached hydrogen (secondary N) is 2. The first kappa shape index (κ1) is 23.9. The van der Waals surface area contributed by atoms with Gasteiger partial charge < -0.3 is 10.2 Å². The first-order valence-electron chi connectivity index (χ1n) is 9.53. The fourth-order valence-corrected chi connectivity index (χ4v) is 4.49. The molecule has 0 saturated carbocycles. The molecule has 1 aromatic rings. The highest BCUT2D eigenvalue weighted by atomic mass is 35.5. The zero-order chi connectivity index (χ0) is 19.2. The van der Waals surface area contributed by atoms with Crippen LogP contribution in [0.4, 0.5) is 0 Å². The third kappa shape index (κ3) is 6.45. The summed E-state index contributed by atoms with van der Waals surface area (Å²) >= 11 is 0. The van der Waals surface area contributed by atoms with Crippen molar-refractivity contribution in [3.05, 3.63) is 29.8 Å². The average molecular weight is 418 g/mol. The number of sulfonamides is 1. The summed E-state index contributed by atoms with van der Waals surface area (Å²) in [4.78, 5) is 15.1. The first-order valence-corrected chi connectivity index (χ1v) is 11.0. The first-order chi connectivity index (χ1) is 12.4. The summed E-state index contributed by atoms with van der Waals surface area (Å²) < 4.78 is 27.3. The van der Waals surface area contributed by atoms with Gasteiger partial charge in [-0.2, -0.15) is 0 Å². The van der Waals surface area contributed by atoms with Gasteiger partial charge in [0.05, 0.1) is 4.90 Å². The van der Waals surface area contributed by atoms with Crippen LogP contribution in [0.1, 0.15) is 56.8 Å². The molecule has 2 N–H and O–H groups in total. The summed E-state index contributed by atoms with van der Waals surface area (Å²) in [7, 11) is -3.55. The van der Waals surface area contributed by atoms with E-state index < -0.39 is 10.0 Å². The van der Waals surface area contributed by atoms with Gasteiger partial charge in [0.1, 0.15) is 0 Å². The quantitative estimate of drug-likeness (QED) is 0.681. The van der Waals surface area contributed by atoms with Crippen molar-refractivity contribution < 1.29 is 13.2 Å². The van der Waals surface area contributed by atoms with Gasteiger partial charge in [-0.25, -0.2) is 13.1 Å². The lowest BCUT2D eigenvalue weighted by molar-refractivity contribution is 0.0642. The van der Waals surface area contributed by atoms with E-state index in [4.69, 9.17) is 0 Å². The third-order valence-electron chi connectivity index (χ3n) is 4.86. The van der Waals surface area contributed by atoms with Crippen molar-refractivity contribution in [1.29, 1.82) is 0 Å². The second-order valence-corrected chi connectivity index (χ2v) is 8.65. The molecule has 0 aromatic heterocycles. The molecule has 0 bridgehead atoms. The average Bonchev–Trinajstić information content (AvgIpc) is 2.66. The van der Waals surface area contributed by atoms with Crippen LogP contribution < -0.4 is 10.0 Å². The maximum Gasteiger partial charge on any atom is 0.254 e. The number of rotatable bonds is 8. The summed E-state index contributed by atoms with van der Waals surface area (Å²) in [6.45, 7) is 8.40. The Kier molecular flexibility index (Phi) is 9.73. The SMILES string of the molecule is CCCN(C(=O)c1ccc(S(=O)(=O)NC(C)CC)cc1)C1CCNCC1.Cl. The van der Waals surface area contributed by atoms with Gasteiger partial charge in [0.25, 0.3) is 5.91 Å². The number of piperidine rings is 1. The van der Waals surface area contributed by atoms with Gasteiger partial charge in [0.2, 0.25) is 10.0 Å². The molecule has 2 rings (SSSR count). The van der Waals surface area contributed by atoms with E-state index in [1.807, 2.05) is 18.7 Å². The van der Waals surface area contributed by atoms with Gasteiger partial charge in [0, 0.05) is 24.2 Å². The highest BCUT2D eigenvalue weighted by Gasteiger charge is 2.26. The lowest BCUT2D eigenvalue weighted by atomic mass is 10.0. The van der Waals surface area contributed by atoms with Gasteiger partial charge in [-0.3, -0.25) is 4.79 Å². The molecule has 0 aliphatic carbocycles. The van der Waals surface area contributed by atoms with Crippen LogP contribution in [-0.2, 0) is 10.0 Å². The molecule has 1 aliphatic rings. The number of halogens is 1. The molecule has 1 aromatic carbocycles. The van der Waals surface area contributed by atoms with Crippen molar-refractivity contribution in [3.8, 4) is 0 Å². The van der Waals surface area contributed by atoms with E-state index in [1.54, 1.807) is 12.1 Å². The van der Waals surface area contributed by atoms with Crippen molar-refractivity contribution in [3.63, 3.8) is 0 Å². The lowest BCUT2D eigenvalue weighted by Crippen LogP contribution is -2.46. The van der Waals surface area contributed by atoms with E-state index in [0.29, 0.717) is 5.56 Å². The fourth-order valence-electron chi connectivity index (χ4n) is 3.17. The maximum absolute atomic E-state index is 13.0. The van der Waals surface area contributed by atoms with Crippen LogP contribution >= 0.6 is 12.4 Å². The molecule has 1 fully saturated rings. The number of amides is 1. The number of carbonyl (C=O) groups is 1. The minimum absolute atomic E-state index is 0. The fraction of sp³-hybridized carbons (Fsp3) is 0.632. The summed E-state index contributed by atoms with van der Waals surface area (Å²) in [6.07, 6.45) is 3.53. The minimum atomic E-state index is -3.55. The molecule has 1 unspecified atom stereocenters. The van der Waals surface area contributed by atoms with Gasteiger partial charge in [0.15, 0.2) is 0 Å². The Hall–Kier alpha value is -1.15. The molecule has 1 atom stereocenters. The predicted octanol–water partition coefficient (Wildman–Crippen LogP) is 2.79. The maximum atomic E-state index is 13.0.